The highest BCUT2D eigenvalue weighted by molar-refractivity contribution is 5.89. The van der Waals surface area contributed by atoms with Crippen LogP contribution in [0.15, 0.2) is 42.6 Å². The van der Waals surface area contributed by atoms with Crippen molar-refractivity contribution in [3.05, 3.63) is 53.7 Å². The van der Waals surface area contributed by atoms with Crippen LogP contribution in [0.3, 0.4) is 0 Å². The van der Waals surface area contributed by atoms with Gasteiger partial charge in [-0.25, -0.2) is 9.78 Å². The van der Waals surface area contributed by atoms with E-state index in [1.165, 1.54) is 17.8 Å². The van der Waals surface area contributed by atoms with Gasteiger partial charge in [-0.05, 0) is 41.7 Å². The van der Waals surface area contributed by atoms with Gasteiger partial charge in [0.1, 0.15) is 5.82 Å². The van der Waals surface area contributed by atoms with E-state index in [2.05, 4.69) is 24.1 Å². The van der Waals surface area contributed by atoms with Crippen LogP contribution in [0, 0.1) is 5.92 Å². The maximum Gasteiger partial charge on any atom is 0.419 e. The summed E-state index contributed by atoms with van der Waals surface area (Å²) >= 11 is 0. The van der Waals surface area contributed by atoms with E-state index >= 15 is 0 Å². The molecule has 1 saturated heterocycles. The van der Waals surface area contributed by atoms with Crippen molar-refractivity contribution < 1.29 is 18.0 Å². The van der Waals surface area contributed by atoms with Crippen LogP contribution in [0.4, 0.5) is 29.5 Å². The van der Waals surface area contributed by atoms with E-state index in [0.29, 0.717) is 18.2 Å². The van der Waals surface area contributed by atoms with Crippen molar-refractivity contribution in [3.63, 3.8) is 0 Å². The summed E-state index contributed by atoms with van der Waals surface area (Å²) in [5, 5.41) is 2.93. The standard InChI is InChI=1S/C23H29F3N4O/c1-15(2)17-7-9-18(10-8-17)28-22(31)30-13-12-29(14-20(30)16(3)4)21-19(23(24,25)26)6-5-11-27-21/h5-11,15-16,20H,12-14H2,1-4H3,(H,28,31). The second-order valence-corrected chi connectivity index (χ2v) is 8.53. The zero-order chi connectivity index (χ0) is 22.8. The molecule has 1 fully saturated rings. The van der Waals surface area contributed by atoms with Gasteiger partial charge in [-0.3, -0.25) is 0 Å². The molecule has 8 heteroatoms. The number of carbonyl (C=O) groups excluding carboxylic acids is 1. The minimum absolute atomic E-state index is 0.0647. The quantitative estimate of drug-likeness (QED) is 0.681. The Labute approximate surface area is 181 Å². The van der Waals surface area contributed by atoms with Crippen molar-refractivity contribution in [1.82, 2.24) is 9.88 Å². The highest BCUT2D eigenvalue weighted by Gasteiger charge is 2.39. The average molecular weight is 435 g/mol. The molecule has 31 heavy (non-hydrogen) atoms. The summed E-state index contributed by atoms with van der Waals surface area (Å²) in [7, 11) is 0. The van der Waals surface area contributed by atoms with E-state index in [1.54, 1.807) is 9.80 Å². The SMILES string of the molecule is CC(C)c1ccc(NC(=O)N2CCN(c3ncccc3C(F)(F)F)CC2C(C)C)cc1. The normalized spacial score (nSPS) is 17.4. The van der Waals surface area contributed by atoms with Gasteiger partial charge in [0.05, 0.1) is 11.6 Å². The molecule has 3 rings (SSSR count). The first-order chi connectivity index (χ1) is 14.6. The van der Waals surface area contributed by atoms with Gasteiger partial charge in [0.15, 0.2) is 0 Å². The molecular formula is C23H29F3N4O. The number of nitrogens with one attached hydrogen (secondary N) is 1. The van der Waals surface area contributed by atoms with Crippen molar-refractivity contribution >= 4 is 17.5 Å². The molecule has 1 aliphatic heterocycles. The molecule has 2 aromatic rings. The minimum atomic E-state index is -4.48. The lowest BCUT2D eigenvalue weighted by Gasteiger charge is -2.44. The van der Waals surface area contributed by atoms with E-state index < -0.39 is 11.7 Å². The molecule has 1 unspecified atom stereocenters. The summed E-state index contributed by atoms with van der Waals surface area (Å²) < 4.78 is 40.3. The third-order valence-electron chi connectivity index (χ3n) is 5.67. The van der Waals surface area contributed by atoms with Crippen LogP contribution in [-0.4, -0.2) is 41.6 Å². The maximum atomic E-state index is 13.4. The molecule has 1 aromatic heterocycles. The van der Waals surface area contributed by atoms with Crippen LogP contribution in [0.25, 0.3) is 0 Å². The number of aromatic nitrogens is 1. The number of pyridine rings is 1. The second kappa shape index (κ2) is 9.16. The molecule has 168 valence electrons. The third-order valence-corrected chi connectivity index (χ3v) is 5.67. The number of carbonyl (C=O) groups is 1. The highest BCUT2D eigenvalue weighted by Crippen LogP contribution is 2.36. The maximum absolute atomic E-state index is 13.4. The number of halogens is 3. The number of piperazine rings is 1. The lowest BCUT2D eigenvalue weighted by atomic mass is 9.99. The molecular weight excluding hydrogens is 405 g/mol. The topological polar surface area (TPSA) is 48.5 Å². The predicted octanol–water partition coefficient (Wildman–Crippen LogP) is 5.60. The van der Waals surface area contributed by atoms with Gasteiger partial charge in [-0.2, -0.15) is 13.2 Å². The van der Waals surface area contributed by atoms with Gasteiger partial charge in [-0.15, -0.1) is 0 Å². The van der Waals surface area contributed by atoms with Crippen LogP contribution < -0.4 is 10.2 Å². The summed E-state index contributed by atoms with van der Waals surface area (Å²) in [6.45, 7) is 9.02. The number of rotatable bonds is 4. The third kappa shape index (κ3) is 5.29. The summed E-state index contributed by atoms with van der Waals surface area (Å²) in [6.07, 6.45) is -3.11. The predicted molar refractivity (Wildman–Crippen MR) is 116 cm³/mol. The Morgan fingerprint density at radius 1 is 1.10 bits per heavy atom. The largest absolute Gasteiger partial charge is 0.419 e. The van der Waals surface area contributed by atoms with Gasteiger partial charge in [0.25, 0.3) is 0 Å². The Hall–Kier alpha value is -2.77. The number of hydrogen-bond acceptors (Lipinski definition) is 3. The number of hydrogen-bond donors (Lipinski definition) is 1. The lowest BCUT2D eigenvalue weighted by Crippen LogP contribution is -2.58. The Balaban J connectivity index is 1.76. The number of urea groups is 1. The fourth-order valence-electron chi connectivity index (χ4n) is 3.84. The van der Waals surface area contributed by atoms with E-state index in [0.717, 1.165) is 6.07 Å². The van der Waals surface area contributed by atoms with Crippen LogP contribution >= 0.6 is 0 Å². The monoisotopic (exact) mass is 434 g/mol. The molecule has 0 aliphatic carbocycles. The van der Waals surface area contributed by atoms with Gasteiger partial charge in [0, 0.05) is 31.5 Å². The van der Waals surface area contributed by atoms with E-state index in [9.17, 15) is 18.0 Å². The Bertz CT molecular complexity index is 896. The first-order valence-electron chi connectivity index (χ1n) is 10.5. The first-order valence-corrected chi connectivity index (χ1v) is 10.5. The molecule has 5 nitrogen and oxygen atoms in total. The summed E-state index contributed by atoms with van der Waals surface area (Å²) in [4.78, 5) is 20.3. The molecule has 1 atom stereocenters. The second-order valence-electron chi connectivity index (χ2n) is 8.53. The average Bonchev–Trinajstić information content (AvgIpc) is 2.73. The van der Waals surface area contributed by atoms with Gasteiger partial charge in [0.2, 0.25) is 0 Å². The van der Waals surface area contributed by atoms with Crippen LogP contribution in [0.5, 0.6) is 0 Å². The van der Waals surface area contributed by atoms with Crippen molar-refractivity contribution in [2.75, 3.05) is 29.9 Å². The van der Waals surface area contributed by atoms with E-state index in [4.69, 9.17) is 0 Å². The molecule has 1 N–H and O–H groups in total. The Kier molecular flexibility index (Phi) is 6.77. The molecule has 1 aliphatic rings. The van der Waals surface area contributed by atoms with Crippen LogP contribution in [0.1, 0.15) is 44.7 Å². The van der Waals surface area contributed by atoms with Gasteiger partial charge in [-0.1, -0.05) is 39.8 Å². The van der Waals surface area contributed by atoms with Gasteiger partial charge >= 0.3 is 12.2 Å². The van der Waals surface area contributed by atoms with E-state index in [1.807, 2.05) is 38.1 Å². The summed E-state index contributed by atoms with van der Waals surface area (Å²) in [5.74, 6) is 0.385. The van der Waals surface area contributed by atoms with Crippen LogP contribution in [0.2, 0.25) is 0 Å². The van der Waals surface area contributed by atoms with Crippen molar-refractivity contribution in [3.8, 4) is 0 Å². The number of benzene rings is 1. The number of anilines is 2. The fourth-order valence-corrected chi connectivity index (χ4v) is 3.84. The molecule has 0 radical (unpaired) electrons. The summed E-state index contributed by atoms with van der Waals surface area (Å²) in [5.41, 5.74) is 1.13. The number of alkyl halides is 3. The molecule has 2 heterocycles. The Morgan fingerprint density at radius 2 is 1.77 bits per heavy atom. The molecule has 0 bridgehead atoms. The summed E-state index contributed by atoms with van der Waals surface area (Å²) in [6, 6.07) is 9.57. The van der Waals surface area contributed by atoms with Crippen LogP contribution in [-0.2, 0) is 6.18 Å². The zero-order valence-corrected chi connectivity index (χ0v) is 18.3. The smallest absolute Gasteiger partial charge is 0.352 e. The highest BCUT2D eigenvalue weighted by atomic mass is 19.4. The fraction of sp³-hybridized carbons (Fsp3) is 0.478. The zero-order valence-electron chi connectivity index (χ0n) is 18.3. The molecule has 2 amide bonds. The number of nitrogens with zero attached hydrogens (tertiary/aromatic N) is 3. The Morgan fingerprint density at radius 3 is 2.35 bits per heavy atom. The van der Waals surface area contributed by atoms with Crippen molar-refractivity contribution in [2.45, 2.75) is 45.8 Å². The van der Waals surface area contributed by atoms with Crippen molar-refractivity contribution in [2.24, 2.45) is 5.92 Å². The van der Waals surface area contributed by atoms with Gasteiger partial charge < -0.3 is 15.1 Å². The minimum Gasteiger partial charge on any atom is -0.352 e. The lowest BCUT2D eigenvalue weighted by molar-refractivity contribution is -0.137. The molecule has 0 saturated carbocycles. The van der Waals surface area contributed by atoms with Crippen molar-refractivity contribution in [1.29, 1.82) is 0 Å². The first kappa shape index (κ1) is 22.9. The number of amides is 2. The van der Waals surface area contributed by atoms with E-state index in [-0.39, 0.29) is 36.9 Å². The molecule has 1 aromatic carbocycles. The molecule has 0 spiro atoms.